The standard InChI is InChI=1S/C22H26BNO3/c1-21(2)22(3,4)27-23(26-21)19(15-24)14-16-10-12-18(13-11-16)20(25)17-8-6-5-7-9-17/h5-14H,15,24H2,1-4H3. The van der Waals surface area contributed by atoms with E-state index in [2.05, 4.69) is 0 Å². The lowest BCUT2D eigenvalue weighted by Gasteiger charge is -2.32. The minimum absolute atomic E-state index is 0.0103. The lowest BCUT2D eigenvalue weighted by Crippen LogP contribution is -2.41. The van der Waals surface area contributed by atoms with Gasteiger partial charge in [-0.3, -0.25) is 4.79 Å². The van der Waals surface area contributed by atoms with E-state index in [0.29, 0.717) is 17.7 Å². The van der Waals surface area contributed by atoms with Crippen LogP contribution in [0.15, 0.2) is 60.1 Å². The first kappa shape index (κ1) is 19.6. The summed E-state index contributed by atoms with van der Waals surface area (Å²) in [4.78, 5) is 12.5. The van der Waals surface area contributed by atoms with E-state index in [9.17, 15) is 4.79 Å². The van der Waals surface area contributed by atoms with Gasteiger partial charge in [0.2, 0.25) is 0 Å². The molecule has 0 atom stereocenters. The molecule has 1 saturated heterocycles. The molecular formula is C22H26BNO3. The quantitative estimate of drug-likeness (QED) is 0.647. The molecule has 2 N–H and O–H groups in total. The van der Waals surface area contributed by atoms with Crippen molar-refractivity contribution < 1.29 is 14.1 Å². The van der Waals surface area contributed by atoms with Gasteiger partial charge in [-0.15, -0.1) is 0 Å². The summed E-state index contributed by atoms with van der Waals surface area (Å²) in [5, 5.41) is 0. The van der Waals surface area contributed by atoms with Gasteiger partial charge in [0.15, 0.2) is 5.78 Å². The molecule has 140 valence electrons. The fraction of sp³-hybridized carbons (Fsp3) is 0.318. The Balaban J connectivity index is 1.79. The molecule has 5 heteroatoms. The molecule has 0 spiro atoms. The van der Waals surface area contributed by atoms with E-state index in [0.717, 1.165) is 11.0 Å². The molecule has 0 bridgehead atoms. The second-order valence-corrected chi connectivity index (χ2v) is 7.83. The van der Waals surface area contributed by atoms with Gasteiger partial charge >= 0.3 is 7.12 Å². The Labute approximate surface area is 161 Å². The molecule has 4 nitrogen and oxygen atoms in total. The highest BCUT2D eigenvalue weighted by Crippen LogP contribution is 2.38. The van der Waals surface area contributed by atoms with E-state index in [-0.39, 0.29) is 5.78 Å². The average molecular weight is 363 g/mol. The number of ketones is 1. The molecule has 3 rings (SSSR count). The van der Waals surface area contributed by atoms with Crippen molar-refractivity contribution in [3.8, 4) is 0 Å². The van der Waals surface area contributed by atoms with Gasteiger partial charge in [-0.05, 0) is 38.7 Å². The molecule has 1 aliphatic heterocycles. The first-order valence-corrected chi connectivity index (χ1v) is 9.19. The van der Waals surface area contributed by atoms with Gasteiger partial charge in [-0.1, -0.05) is 60.7 Å². The fourth-order valence-corrected chi connectivity index (χ4v) is 2.92. The molecule has 0 unspecified atom stereocenters. The second kappa shape index (κ2) is 7.43. The van der Waals surface area contributed by atoms with Crippen molar-refractivity contribution in [2.24, 2.45) is 5.73 Å². The number of carbonyl (C=O) groups excluding carboxylic acids is 1. The third kappa shape index (κ3) is 4.06. The highest BCUT2D eigenvalue weighted by molar-refractivity contribution is 6.55. The first-order valence-electron chi connectivity index (χ1n) is 9.19. The van der Waals surface area contributed by atoms with Crippen molar-refractivity contribution in [1.82, 2.24) is 0 Å². The average Bonchev–Trinajstić information content (AvgIpc) is 2.87. The maximum absolute atomic E-state index is 12.5. The van der Waals surface area contributed by atoms with Crippen molar-refractivity contribution in [3.05, 3.63) is 76.8 Å². The van der Waals surface area contributed by atoms with E-state index in [1.54, 1.807) is 0 Å². The molecule has 1 fully saturated rings. The minimum Gasteiger partial charge on any atom is -0.400 e. The van der Waals surface area contributed by atoms with Gasteiger partial charge in [-0.2, -0.15) is 0 Å². The zero-order chi connectivity index (χ0) is 19.7. The highest BCUT2D eigenvalue weighted by atomic mass is 16.7. The van der Waals surface area contributed by atoms with Crippen LogP contribution in [-0.4, -0.2) is 30.6 Å². The molecule has 1 heterocycles. The van der Waals surface area contributed by atoms with E-state index >= 15 is 0 Å². The van der Waals surface area contributed by atoms with Gasteiger partial charge in [0.1, 0.15) is 0 Å². The van der Waals surface area contributed by atoms with Crippen LogP contribution in [0, 0.1) is 0 Å². The van der Waals surface area contributed by atoms with Crippen LogP contribution in [0.25, 0.3) is 6.08 Å². The van der Waals surface area contributed by atoms with E-state index in [1.807, 2.05) is 88.4 Å². The summed E-state index contributed by atoms with van der Waals surface area (Å²) in [7, 11) is -0.467. The van der Waals surface area contributed by atoms with Crippen LogP contribution in [0.2, 0.25) is 0 Å². The summed E-state index contributed by atoms with van der Waals surface area (Å²) in [6.45, 7) is 8.41. The maximum Gasteiger partial charge on any atom is 0.491 e. The number of hydrogen-bond acceptors (Lipinski definition) is 4. The van der Waals surface area contributed by atoms with Gasteiger partial charge in [0, 0.05) is 17.7 Å². The van der Waals surface area contributed by atoms with Crippen molar-refractivity contribution in [2.45, 2.75) is 38.9 Å². The summed E-state index contributed by atoms with van der Waals surface area (Å²) in [6, 6.07) is 16.8. The van der Waals surface area contributed by atoms with Gasteiger partial charge < -0.3 is 15.0 Å². The Bertz CT molecular complexity index is 826. The Morgan fingerprint density at radius 3 is 1.96 bits per heavy atom. The van der Waals surface area contributed by atoms with Crippen LogP contribution >= 0.6 is 0 Å². The van der Waals surface area contributed by atoms with Crippen molar-refractivity contribution in [1.29, 1.82) is 0 Å². The van der Waals surface area contributed by atoms with Gasteiger partial charge in [0.05, 0.1) is 11.2 Å². The molecule has 1 aliphatic rings. The van der Waals surface area contributed by atoms with Crippen molar-refractivity contribution in [3.63, 3.8) is 0 Å². The number of benzene rings is 2. The monoisotopic (exact) mass is 363 g/mol. The zero-order valence-electron chi connectivity index (χ0n) is 16.4. The smallest absolute Gasteiger partial charge is 0.400 e. The predicted molar refractivity (Wildman–Crippen MR) is 109 cm³/mol. The highest BCUT2D eigenvalue weighted by Gasteiger charge is 2.52. The SMILES string of the molecule is CC1(C)OB(C(=Cc2ccc(C(=O)c3ccccc3)cc2)CN)OC1(C)C. The number of rotatable bonds is 5. The Morgan fingerprint density at radius 1 is 0.926 bits per heavy atom. The predicted octanol–water partition coefficient (Wildman–Crippen LogP) is 3.89. The van der Waals surface area contributed by atoms with Crippen molar-refractivity contribution in [2.75, 3.05) is 6.54 Å². The zero-order valence-corrected chi connectivity index (χ0v) is 16.4. The maximum atomic E-state index is 12.5. The molecule has 27 heavy (non-hydrogen) atoms. The number of nitrogens with two attached hydrogens (primary N) is 1. The molecule has 2 aromatic carbocycles. The summed E-state index contributed by atoms with van der Waals surface area (Å²) < 4.78 is 12.2. The van der Waals surface area contributed by atoms with Crippen LogP contribution < -0.4 is 5.73 Å². The summed E-state index contributed by atoms with van der Waals surface area (Å²) in [6.07, 6.45) is 1.97. The molecule has 0 radical (unpaired) electrons. The van der Waals surface area contributed by atoms with Crippen LogP contribution in [-0.2, 0) is 9.31 Å². The van der Waals surface area contributed by atoms with Gasteiger partial charge in [0.25, 0.3) is 0 Å². The summed E-state index contributed by atoms with van der Waals surface area (Å²) in [5.41, 5.74) is 8.30. The minimum atomic E-state index is -0.467. The molecule has 0 aromatic heterocycles. The summed E-state index contributed by atoms with van der Waals surface area (Å²) in [5.74, 6) is 0.0103. The normalized spacial score (nSPS) is 18.6. The topological polar surface area (TPSA) is 61.5 Å². The van der Waals surface area contributed by atoms with Crippen LogP contribution in [0.5, 0.6) is 0 Å². The van der Waals surface area contributed by atoms with E-state index in [4.69, 9.17) is 15.0 Å². The van der Waals surface area contributed by atoms with E-state index < -0.39 is 18.3 Å². The molecule has 0 aliphatic carbocycles. The summed E-state index contributed by atoms with van der Waals surface area (Å²) >= 11 is 0. The third-order valence-corrected chi connectivity index (χ3v) is 5.35. The molecule has 0 saturated carbocycles. The Kier molecular flexibility index (Phi) is 5.38. The van der Waals surface area contributed by atoms with Crippen LogP contribution in [0.3, 0.4) is 0 Å². The van der Waals surface area contributed by atoms with Crippen LogP contribution in [0.1, 0.15) is 49.2 Å². The Morgan fingerprint density at radius 2 is 1.44 bits per heavy atom. The van der Waals surface area contributed by atoms with Crippen molar-refractivity contribution >= 4 is 19.0 Å². The van der Waals surface area contributed by atoms with Crippen LogP contribution in [0.4, 0.5) is 0 Å². The second-order valence-electron chi connectivity index (χ2n) is 7.83. The fourth-order valence-electron chi connectivity index (χ4n) is 2.92. The largest absolute Gasteiger partial charge is 0.491 e. The lowest BCUT2D eigenvalue weighted by molar-refractivity contribution is 0.00578. The Hall–Kier alpha value is -2.21. The number of carbonyl (C=O) groups is 1. The lowest BCUT2D eigenvalue weighted by atomic mass is 9.77. The molecule has 2 aromatic rings. The first-order chi connectivity index (χ1) is 12.7. The molecular weight excluding hydrogens is 337 g/mol. The van der Waals surface area contributed by atoms with E-state index in [1.165, 1.54) is 0 Å². The third-order valence-electron chi connectivity index (χ3n) is 5.35. The molecule has 0 amide bonds. The number of hydrogen-bond donors (Lipinski definition) is 1. The van der Waals surface area contributed by atoms with Gasteiger partial charge in [-0.25, -0.2) is 0 Å².